The van der Waals surface area contributed by atoms with Crippen molar-refractivity contribution >= 4 is 29.4 Å². The number of esters is 1. The van der Waals surface area contributed by atoms with Crippen molar-refractivity contribution in [1.82, 2.24) is 34.7 Å². The Bertz CT molecular complexity index is 2060. The van der Waals surface area contributed by atoms with Crippen molar-refractivity contribution in [2.75, 3.05) is 13.3 Å². The van der Waals surface area contributed by atoms with Gasteiger partial charge in [0.1, 0.15) is 24.4 Å². The number of carbonyl (C=O) groups excluding carboxylic acids is 2. The number of aromatic nitrogens is 6. The Morgan fingerprint density at radius 1 is 1.15 bits per heavy atom. The molecule has 2 bridgehead atoms. The number of amides is 1. The molecule has 1 aliphatic heterocycles. The van der Waals surface area contributed by atoms with Crippen molar-refractivity contribution in [3.05, 3.63) is 70.9 Å². The quantitative estimate of drug-likeness (QED) is 0.172. The molecule has 52 heavy (non-hydrogen) atoms. The number of hydrogen-bond donors (Lipinski definition) is 1. The van der Waals surface area contributed by atoms with Gasteiger partial charge in [0.05, 0.1) is 35.9 Å². The maximum atomic E-state index is 16.1. The number of aryl methyl sites for hydroxylation is 1. The fourth-order valence-corrected chi connectivity index (χ4v) is 7.94. The number of nitrogens with two attached hydrogens (primary N) is 1. The number of rotatable bonds is 12. The Morgan fingerprint density at radius 2 is 1.90 bits per heavy atom. The third-order valence-electron chi connectivity index (χ3n) is 10.4. The minimum atomic E-state index is -1.62. The zero-order chi connectivity index (χ0) is 37.2. The molecular formula is C37H42ClF2N9O3. The second-order valence-corrected chi connectivity index (χ2v) is 16.2. The number of hydrogen-bond acceptors (Lipinski definition) is 9. The summed E-state index contributed by atoms with van der Waals surface area (Å²) in [4.78, 5) is 38.3. The van der Waals surface area contributed by atoms with Crippen LogP contribution in [0, 0.1) is 23.1 Å². The topological polar surface area (TPSA) is 146 Å². The summed E-state index contributed by atoms with van der Waals surface area (Å²) < 4.78 is 38.5. The normalized spacial score (nSPS) is 23.5. The molecule has 4 aromatic rings. The molecule has 3 saturated carbocycles. The van der Waals surface area contributed by atoms with Crippen LogP contribution < -0.4 is 5.73 Å². The molecule has 0 unspecified atom stereocenters. The van der Waals surface area contributed by atoms with E-state index >= 15 is 4.39 Å². The first-order valence-corrected chi connectivity index (χ1v) is 17.8. The lowest BCUT2D eigenvalue weighted by molar-refractivity contribution is -0.148. The minimum absolute atomic E-state index is 0.00450. The largest absolute Gasteiger partial charge is 0.463 e. The monoisotopic (exact) mass is 733 g/mol. The van der Waals surface area contributed by atoms with Gasteiger partial charge in [0.25, 0.3) is 5.91 Å². The third-order valence-corrected chi connectivity index (χ3v) is 10.8. The summed E-state index contributed by atoms with van der Waals surface area (Å²) in [5.41, 5.74) is 6.59. The lowest BCUT2D eigenvalue weighted by Crippen LogP contribution is -2.59. The summed E-state index contributed by atoms with van der Waals surface area (Å²) in [5, 5.41) is 13.1. The van der Waals surface area contributed by atoms with Crippen molar-refractivity contribution in [3.63, 3.8) is 0 Å². The number of benzene rings is 2. The lowest BCUT2D eigenvalue weighted by atomic mass is 9.50. The molecule has 0 radical (unpaired) electrons. The highest BCUT2D eigenvalue weighted by atomic mass is 35.5. The molecule has 4 aliphatic rings. The van der Waals surface area contributed by atoms with E-state index < -0.39 is 47.3 Å². The summed E-state index contributed by atoms with van der Waals surface area (Å²) in [6.45, 7) is 6.47. The van der Waals surface area contributed by atoms with Crippen LogP contribution in [0.25, 0.3) is 22.6 Å². The lowest BCUT2D eigenvalue weighted by Gasteiger charge is -2.61. The van der Waals surface area contributed by atoms with E-state index in [-0.39, 0.29) is 36.5 Å². The van der Waals surface area contributed by atoms with Crippen molar-refractivity contribution in [3.8, 4) is 22.6 Å². The van der Waals surface area contributed by atoms with Crippen LogP contribution in [0.1, 0.15) is 77.0 Å². The number of halogens is 3. The van der Waals surface area contributed by atoms with E-state index in [1.807, 2.05) is 25.5 Å². The van der Waals surface area contributed by atoms with Crippen LogP contribution in [0.4, 0.5) is 8.78 Å². The van der Waals surface area contributed by atoms with Gasteiger partial charge in [0, 0.05) is 18.2 Å². The highest BCUT2D eigenvalue weighted by molar-refractivity contribution is 6.33. The van der Waals surface area contributed by atoms with Gasteiger partial charge in [0.2, 0.25) is 0 Å². The highest BCUT2D eigenvalue weighted by Crippen LogP contribution is 2.62. The van der Waals surface area contributed by atoms with Gasteiger partial charge in [-0.25, -0.2) is 23.7 Å². The van der Waals surface area contributed by atoms with Gasteiger partial charge in [-0.05, 0) is 78.3 Å². The minimum Gasteiger partial charge on any atom is -0.463 e. The number of carbonyl (C=O) groups is 2. The van der Waals surface area contributed by atoms with Crippen LogP contribution in [0.15, 0.2) is 53.9 Å². The van der Waals surface area contributed by atoms with Gasteiger partial charge in [0.15, 0.2) is 17.3 Å². The Kier molecular flexibility index (Phi) is 8.95. The zero-order valence-corrected chi connectivity index (χ0v) is 30.6. The van der Waals surface area contributed by atoms with Crippen LogP contribution in [0.2, 0.25) is 5.02 Å². The third kappa shape index (κ3) is 6.24. The molecule has 8 rings (SSSR count). The average molecular weight is 734 g/mol. The molecule has 0 saturated heterocycles. The summed E-state index contributed by atoms with van der Waals surface area (Å²) >= 11 is 6.61. The average Bonchev–Trinajstić information content (AvgIpc) is 3.74. The van der Waals surface area contributed by atoms with E-state index in [0.29, 0.717) is 33.2 Å². The molecule has 2 aromatic heterocycles. The van der Waals surface area contributed by atoms with Gasteiger partial charge in [-0.2, -0.15) is 5.10 Å². The molecule has 12 nitrogen and oxygen atoms in total. The summed E-state index contributed by atoms with van der Waals surface area (Å²) in [6.07, 6.45) is 6.42. The van der Waals surface area contributed by atoms with Crippen molar-refractivity contribution in [2.45, 2.75) is 76.9 Å². The zero-order valence-electron chi connectivity index (χ0n) is 29.8. The first-order chi connectivity index (χ1) is 24.6. The van der Waals surface area contributed by atoms with E-state index in [9.17, 15) is 14.0 Å². The SMILES string of the molecule is C[C@@H](CF)CC(=O)OC[C@H](c1ccc(Cl)c(-c2ncnn2C)c1)N1C(=O)[C@@](CC(C)(C)C)(c2ccc(-c3cn(C45CC(C4)C5)nn3)c(F)c2)N=C1N. The molecule has 3 heterocycles. The van der Waals surface area contributed by atoms with E-state index in [2.05, 4.69) is 20.4 Å². The molecule has 274 valence electrons. The van der Waals surface area contributed by atoms with Crippen LogP contribution in [-0.4, -0.2) is 65.8 Å². The fourth-order valence-electron chi connectivity index (χ4n) is 7.74. The number of guanidine groups is 1. The maximum Gasteiger partial charge on any atom is 0.306 e. The van der Waals surface area contributed by atoms with Gasteiger partial charge in [-0.3, -0.25) is 18.9 Å². The number of nitrogens with zero attached hydrogens (tertiary/aromatic N) is 8. The van der Waals surface area contributed by atoms with E-state index in [0.717, 1.165) is 25.2 Å². The second kappa shape index (κ2) is 13.0. The first kappa shape index (κ1) is 35.7. The predicted octanol–water partition coefficient (Wildman–Crippen LogP) is 6.11. The van der Waals surface area contributed by atoms with Gasteiger partial charge < -0.3 is 10.5 Å². The smallest absolute Gasteiger partial charge is 0.306 e. The summed E-state index contributed by atoms with van der Waals surface area (Å²) in [6, 6.07) is 8.70. The fraction of sp³-hybridized carbons (Fsp3) is 0.486. The summed E-state index contributed by atoms with van der Waals surface area (Å²) in [7, 11) is 1.72. The van der Waals surface area contributed by atoms with Crippen molar-refractivity contribution < 1.29 is 23.1 Å². The molecule has 2 N–H and O–H groups in total. The van der Waals surface area contributed by atoms with E-state index in [1.54, 1.807) is 55.2 Å². The molecule has 15 heteroatoms. The number of ether oxygens (including phenoxy) is 1. The Labute approximate surface area is 305 Å². The molecule has 1 amide bonds. The van der Waals surface area contributed by atoms with E-state index in [4.69, 9.17) is 27.1 Å². The van der Waals surface area contributed by atoms with Crippen LogP contribution in [0.5, 0.6) is 0 Å². The second-order valence-electron chi connectivity index (χ2n) is 15.8. The first-order valence-electron chi connectivity index (χ1n) is 17.4. The molecule has 3 fully saturated rings. The van der Waals surface area contributed by atoms with Crippen molar-refractivity contribution in [2.24, 2.45) is 35.0 Å². The van der Waals surface area contributed by atoms with Crippen LogP contribution in [-0.2, 0) is 32.5 Å². The van der Waals surface area contributed by atoms with Crippen LogP contribution >= 0.6 is 11.6 Å². The molecule has 0 spiro atoms. The Morgan fingerprint density at radius 3 is 2.52 bits per heavy atom. The van der Waals surface area contributed by atoms with Gasteiger partial charge in [-0.15, -0.1) is 5.10 Å². The Balaban J connectivity index is 1.26. The van der Waals surface area contributed by atoms with Crippen LogP contribution in [0.3, 0.4) is 0 Å². The predicted molar refractivity (Wildman–Crippen MR) is 190 cm³/mol. The molecular weight excluding hydrogens is 692 g/mol. The van der Waals surface area contributed by atoms with Gasteiger partial charge >= 0.3 is 5.97 Å². The van der Waals surface area contributed by atoms with Gasteiger partial charge in [-0.1, -0.05) is 56.6 Å². The number of aliphatic imine (C=N–C) groups is 1. The van der Waals surface area contributed by atoms with Crippen molar-refractivity contribution in [1.29, 1.82) is 0 Å². The standard InChI is InChI=1S/C37H42ClF2N9O3/c1-21(16-39)10-31(50)52-18-30(23-6-9-27(38)26(11-23)32-42-20-43-47(32)5)49-33(51)37(44-34(49)41,19-35(2,3)4)24-7-8-25(28(40)12-24)29-17-48(46-45-29)36-13-22(14-36)15-36/h6-9,11-12,17,20-22,30H,10,13-16,18-19H2,1-5H3,(H2,41,44)/t21-,22?,30-,36?,37-/m1/s1. The summed E-state index contributed by atoms with van der Waals surface area (Å²) in [5.74, 6) is -1.19. The number of alkyl halides is 1. The Hall–Kier alpha value is -4.72. The molecule has 3 atom stereocenters. The molecule has 3 aliphatic carbocycles. The maximum absolute atomic E-state index is 16.1. The highest BCUT2D eigenvalue weighted by Gasteiger charge is 2.59. The molecule has 2 aromatic carbocycles. The van der Waals surface area contributed by atoms with E-state index in [1.165, 1.54) is 17.3 Å².